The number of hydrogen-bond donors (Lipinski definition) is 1. The molecule has 0 unspecified atom stereocenters. The molecular weight excluding hydrogens is 303 g/mol. The van der Waals surface area contributed by atoms with Crippen LogP contribution in [0, 0.1) is 17.0 Å². The Bertz CT molecular complexity index is 670. The summed E-state index contributed by atoms with van der Waals surface area (Å²) in [5.41, 5.74) is 1.33. The number of hydrogen-bond acceptors (Lipinski definition) is 4. The Morgan fingerprint density at radius 2 is 2.20 bits per heavy atom. The smallest absolute Gasteiger partial charge is 0.314 e. The first-order valence-electron chi connectivity index (χ1n) is 5.75. The maximum absolute atomic E-state index is 11.1. The van der Waals surface area contributed by atoms with Crippen molar-refractivity contribution >= 4 is 34.7 Å². The highest BCUT2D eigenvalue weighted by molar-refractivity contribution is 6.41. The normalized spacial score (nSPS) is 10.6. The molecule has 0 saturated carbocycles. The highest BCUT2D eigenvalue weighted by Gasteiger charge is 2.18. The second kappa shape index (κ2) is 5.68. The molecule has 2 aromatic heterocycles. The van der Waals surface area contributed by atoms with Crippen LogP contribution in [0.25, 0.3) is 0 Å². The lowest BCUT2D eigenvalue weighted by atomic mass is 10.2. The molecule has 0 aliphatic rings. The molecule has 0 bridgehead atoms. The van der Waals surface area contributed by atoms with Crippen LogP contribution in [-0.4, -0.2) is 14.5 Å². The Balaban J connectivity index is 2.25. The Morgan fingerprint density at radius 1 is 1.50 bits per heavy atom. The first kappa shape index (κ1) is 14.6. The number of pyridine rings is 1. The Hall–Kier alpha value is -1.79. The second-order valence-corrected chi connectivity index (χ2v) is 5.03. The summed E-state index contributed by atoms with van der Waals surface area (Å²) in [6.07, 6.45) is 1.52. The number of aromatic nitrogens is 2. The van der Waals surface area contributed by atoms with Gasteiger partial charge in [-0.15, -0.1) is 0 Å². The monoisotopic (exact) mass is 314 g/mol. The highest BCUT2D eigenvalue weighted by atomic mass is 35.5. The minimum absolute atomic E-state index is 0.0288. The van der Waals surface area contributed by atoms with Gasteiger partial charge < -0.3 is 9.88 Å². The molecule has 0 aliphatic carbocycles. The van der Waals surface area contributed by atoms with Gasteiger partial charge in [0.15, 0.2) is 0 Å². The summed E-state index contributed by atoms with van der Waals surface area (Å²) in [6, 6.07) is 3.30. The van der Waals surface area contributed by atoms with Crippen molar-refractivity contribution < 1.29 is 4.92 Å². The zero-order valence-corrected chi connectivity index (χ0v) is 12.4. The number of anilines is 1. The van der Waals surface area contributed by atoms with E-state index in [2.05, 4.69) is 10.3 Å². The zero-order valence-electron chi connectivity index (χ0n) is 10.9. The van der Waals surface area contributed by atoms with Crippen molar-refractivity contribution in [3.05, 3.63) is 49.9 Å². The van der Waals surface area contributed by atoms with Gasteiger partial charge in [-0.2, -0.15) is 0 Å². The average Bonchev–Trinajstić information content (AvgIpc) is 2.63. The second-order valence-electron chi connectivity index (χ2n) is 4.27. The molecule has 0 saturated heterocycles. The molecule has 2 aromatic rings. The molecule has 0 spiro atoms. The van der Waals surface area contributed by atoms with E-state index < -0.39 is 4.92 Å². The van der Waals surface area contributed by atoms with Crippen molar-refractivity contribution in [2.24, 2.45) is 7.05 Å². The zero-order chi connectivity index (χ0) is 14.9. The van der Waals surface area contributed by atoms with E-state index in [1.54, 1.807) is 30.7 Å². The predicted molar refractivity (Wildman–Crippen MR) is 78.4 cm³/mol. The number of rotatable bonds is 4. The molecule has 2 heterocycles. The third-order valence-corrected chi connectivity index (χ3v) is 3.80. The van der Waals surface area contributed by atoms with Gasteiger partial charge in [-0.1, -0.05) is 23.2 Å². The molecule has 106 valence electrons. The molecule has 20 heavy (non-hydrogen) atoms. The van der Waals surface area contributed by atoms with E-state index in [4.69, 9.17) is 23.2 Å². The van der Waals surface area contributed by atoms with Crippen LogP contribution in [0.3, 0.4) is 0 Å². The molecule has 6 nitrogen and oxygen atoms in total. The quantitative estimate of drug-likeness (QED) is 0.691. The van der Waals surface area contributed by atoms with E-state index >= 15 is 0 Å². The minimum atomic E-state index is -0.449. The van der Waals surface area contributed by atoms with Crippen molar-refractivity contribution in [1.29, 1.82) is 0 Å². The van der Waals surface area contributed by atoms with Crippen LogP contribution in [0.1, 0.15) is 11.3 Å². The van der Waals surface area contributed by atoms with E-state index in [-0.39, 0.29) is 11.5 Å². The lowest BCUT2D eigenvalue weighted by molar-refractivity contribution is -0.384. The number of nitrogens with one attached hydrogen (secondary N) is 1. The third-order valence-electron chi connectivity index (χ3n) is 2.96. The van der Waals surface area contributed by atoms with Crippen molar-refractivity contribution in [2.45, 2.75) is 13.5 Å². The summed E-state index contributed by atoms with van der Waals surface area (Å²) in [5.74, 6) is 0.225. The van der Waals surface area contributed by atoms with E-state index in [0.717, 1.165) is 5.69 Å². The molecule has 1 N–H and O–H groups in total. The molecular formula is C12H12Cl2N4O2. The highest BCUT2D eigenvalue weighted by Crippen LogP contribution is 2.28. The van der Waals surface area contributed by atoms with Crippen molar-refractivity contribution in [2.75, 3.05) is 5.32 Å². The summed E-state index contributed by atoms with van der Waals surface area (Å²) in [4.78, 5) is 14.6. The van der Waals surface area contributed by atoms with Gasteiger partial charge in [-0.3, -0.25) is 10.1 Å². The first-order chi connectivity index (χ1) is 9.41. The van der Waals surface area contributed by atoms with Gasteiger partial charge in [0.2, 0.25) is 5.82 Å². The Labute approximate surface area is 125 Å². The lowest BCUT2D eigenvalue weighted by Gasteiger charge is -2.08. The van der Waals surface area contributed by atoms with E-state index in [1.807, 2.05) is 0 Å². The van der Waals surface area contributed by atoms with Crippen LogP contribution in [0.5, 0.6) is 0 Å². The summed E-state index contributed by atoms with van der Waals surface area (Å²) in [5, 5.41) is 14.9. The first-order valence-corrected chi connectivity index (χ1v) is 6.51. The van der Waals surface area contributed by atoms with Crippen LogP contribution in [0.15, 0.2) is 18.3 Å². The van der Waals surface area contributed by atoms with Gasteiger partial charge >= 0.3 is 5.69 Å². The van der Waals surface area contributed by atoms with E-state index in [0.29, 0.717) is 22.3 Å². The van der Waals surface area contributed by atoms with Crippen LogP contribution in [0.4, 0.5) is 11.5 Å². The van der Waals surface area contributed by atoms with Gasteiger partial charge in [-0.05, 0) is 19.1 Å². The fourth-order valence-electron chi connectivity index (χ4n) is 1.84. The van der Waals surface area contributed by atoms with Crippen molar-refractivity contribution in [1.82, 2.24) is 9.55 Å². The number of halogens is 2. The number of nitrogens with zero attached hydrogens (tertiary/aromatic N) is 3. The number of nitro groups is 1. The molecule has 8 heteroatoms. The molecule has 0 radical (unpaired) electrons. The molecule has 0 aliphatic heterocycles. The van der Waals surface area contributed by atoms with Gasteiger partial charge in [0.05, 0.1) is 16.5 Å². The molecule has 0 aromatic carbocycles. The molecule has 2 rings (SSSR count). The fourth-order valence-corrected chi connectivity index (χ4v) is 2.26. The van der Waals surface area contributed by atoms with Gasteiger partial charge in [0.1, 0.15) is 5.15 Å². The van der Waals surface area contributed by atoms with Gasteiger partial charge in [-0.25, -0.2) is 4.98 Å². The average molecular weight is 315 g/mol. The maximum Gasteiger partial charge on any atom is 0.314 e. The van der Waals surface area contributed by atoms with Crippen molar-refractivity contribution in [3.8, 4) is 0 Å². The molecule has 0 fully saturated rings. The van der Waals surface area contributed by atoms with Crippen LogP contribution >= 0.6 is 23.2 Å². The third kappa shape index (κ3) is 2.71. The predicted octanol–water partition coefficient (Wildman–Crippen LogP) is 3.56. The van der Waals surface area contributed by atoms with Crippen LogP contribution in [-0.2, 0) is 13.6 Å². The Morgan fingerprint density at radius 3 is 2.75 bits per heavy atom. The van der Waals surface area contributed by atoms with E-state index in [9.17, 15) is 10.1 Å². The summed E-state index contributed by atoms with van der Waals surface area (Å²) < 4.78 is 1.71. The standard InChI is InChI=1S/C12H12Cl2N4O2/c1-7-3-4-15-12(10(7)18(19)20)16-6-8-5-9(13)11(14)17(8)2/h3-5H,6H2,1-2H3,(H,15,16). The lowest BCUT2D eigenvalue weighted by Crippen LogP contribution is -2.08. The van der Waals surface area contributed by atoms with Gasteiger partial charge in [0.25, 0.3) is 0 Å². The molecule has 0 amide bonds. The number of aryl methyl sites for hydroxylation is 1. The summed E-state index contributed by atoms with van der Waals surface area (Å²) >= 11 is 11.9. The van der Waals surface area contributed by atoms with E-state index in [1.165, 1.54) is 6.20 Å². The SMILES string of the molecule is Cc1ccnc(NCc2cc(Cl)c(Cl)n2C)c1[N+](=O)[O-]. The summed E-state index contributed by atoms with van der Waals surface area (Å²) in [6.45, 7) is 2.00. The van der Waals surface area contributed by atoms with Gasteiger partial charge in [0, 0.05) is 24.5 Å². The topological polar surface area (TPSA) is 73.0 Å². The van der Waals surface area contributed by atoms with Crippen molar-refractivity contribution in [3.63, 3.8) is 0 Å². The summed E-state index contributed by atoms with van der Waals surface area (Å²) in [7, 11) is 1.77. The Kier molecular flexibility index (Phi) is 4.15. The largest absolute Gasteiger partial charge is 0.359 e. The maximum atomic E-state index is 11.1. The van der Waals surface area contributed by atoms with Crippen LogP contribution in [0.2, 0.25) is 10.2 Å². The van der Waals surface area contributed by atoms with Crippen LogP contribution < -0.4 is 5.32 Å². The minimum Gasteiger partial charge on any atom is -0.359 e. The fraction of sp³-hybridized carbons (Fsp3) is 0.250. The molecule has 0 atom stereocenters.